The van der Waals surface area contributed by atoms with Gasteiger partial charge in [-0.05, 0) is 25.8 Å². The number of aromatic nitrogens is 2. The summed E-state index contributed by atoms with van der Waals surface area (Å²) >= 11 is 0. The normalized spacial score (nSPS) is 15.5. The number of nitrogens with zero attached hydrogens (tertiary/aromatic N) is 2. The van der Waals surface area contributed by atoms with Crippen LogP contribution in [0.5, 0.6) is 0 Å². The summed E-state index contributed by atoms with van der Waals surface area (Å²) in [5, 5.41) is 0. The van der Waals surface area contributed by atoms with E-state index < -0.39 is 0 Å². The highest BCUT2D eigenvalue weighted by atomic mass is 16.1. The molecule has 0 saturated carbocycles. The van der Waals surface area contributed by atoms with E-state index >= 15 is 0 Å². The van der Waals surface area contributed by atoms with Crippen LogP contribution in [0.2, 0.25) is 0 Å². The first kappa shape index (κ1) is 14.0. The van der Waals surface area contributed by atoms with E-state index in [1.165, 1.54) is 11.1 Å². The smallest absolute Gasteiger partial charge is 0.254 e. The molecule has 21 heavy (non-hydrogen) atoms. The van der Waals surface area contributed by atoms with Gasteiger partial charge in [0.05, 0.1) is 5.69 Å². The molecule has 0 amide bonds. The third-order valence-electron chi connectivity index (χ3n) is 4.05. The zero-order valence-electron chi connectivity index (χ0n) is 12.6. The quantitative estimate of drug-likeness (QED) is 0.917. The van der Waals surface area contributed by atoms with Crippen molar-refractivity contribution in [3.63, 3.8) is 0 Å². The Bertz CT molecular complexity index is 705. The van der Waals surface area contributed by atoms with Crippen molar-refractivity contribution in [3.05, 3.63) is 62.8 Å². The zero-order valence-corrected chi connectivity index (χ0v) is 12.6. The van der Waals surface area contributed by atoms with E-state index in [2.05, 4.69) is 46.1 Å². The van der Waals surface area contributed by atoms with Crippen LogP contribution in [0.4, 0.5) is 0 Å². The van der Waals surface area contributed by atoms with Crippen LogP contribution in [-0.2, 0) is 19.4 Å². The number of fused-ring (bicyclic) bond motifs is 1. The molecule has 1 aliphatic heterocycles. The molecule has 3 rings (SSSR count). The fourth-order valence-corrected chi connectivity index (χ4v) is 3.01. The molecular formula is C17H21N3O. The molecule has 1 aromatic heterocycles. The minimum absolute atomic E-state index is 0.0369. The van der Waals surface area contributed by atoms with Crippen LogP contribution in [0.25, 0.3) is 0 Å². The van der Waals surface area contributed by atoms with Crippen LogP contribution >= 0.6 is 0 Å². The maximum atomic E-state index is 12.0. The number of hydrogen-bond donors (Lipinski definition) is 1. The van der Waals surface area contributed by atoms with Gasteiger partial charge in [-0.1, -0.05) is 29.8 Å². The maximum Gasteiger partial charge on any atom is 0.254 e. The Morgan fingerprint density at radius 2 is 2.05 bits per heavy atom. The zero-order chi connectivity index (χ0) is 14.8. The molecule has 0 saturated heterocycles. The average Bonchev–Trinajstić information content (AvgIpc) is 2.62. The van der Waals surface area contributed by atoms with Gasteiger partial charge in [0.25, 0.3) is 5.56 Å². The lowest BCUT2D eigenvalue weighted by atomic mass is 10.1. The molecule has 2 heterocycles. The van der Waals surface area contributed by atoms with Gasteiger partial charge in [0.1, 0.15) is 5.82 Å². The van der Waals surface area contributed by atoms with E-state index in [-0.39, 0.29) is 5.56 Å². The van der Waals surface area contributed by atoms with Gasteiger partial charge >= 0.3 is 0 Å². The third kappa shape index (κ3) is 3.22. The molecule has 1 N–H and O–H groups in total. The van der Waals surface area contributed by atoms with Gasteiger partial charge in [-0.15, -0.1) is 0 Å². The Morgan fingerprint density at radius 3 is 2.86 bits per heavy atom. The Morgan fingerprint density at radius 1 is 1.24 bits per heavy atom. The molecule has 0 aliphatic carbocycles. The molecule has 0 atom stereocenters. The SMILES string of the molecule is Cc1cccc(CN2CCc3nc(C)[nH]c(=O)c3CC2)c1. The molecule has 110 valence electrons. The molecule has 0 radical (unpaired) electrons. The van der Waals surface area contributed by atoms with Crippen LogP contribution in [0, 0.1) is 13.8 Å². The summed E-state index contributed by atoms with van der Waals surface area (Å²) in [5.41, 5.74) is 4.50. The summed E-state index contributed by atoms with van der Waals surface area (Å²) in [4.78, 5) is 21.8. The van der Waals surface area contributed by atoms with Crippen LogP contribution < -0.4 is 5.56 Å². The van der Waals surface area contributed by atoms with Crippen LogP contribution in [0.1, 0.15) is 28.2 Å². The highest BCUT2D eigenvalue weighted by Crippen LogP contribution is 2.14. The van der Waals surface area contributed by atoms with Crippen molar-refractivity contribution in [2.24, 2.45) is 0 Å². The first-order valence-corrected chi connectivity index (χ1v) is 7.48. The molecule has 2 aromatic rings. The number of aromatic amines is 1. The van der Waals surface area contributed by atoms with Gasteiger partial charge in [-0.3, -0.25) is 9.69 Å². The minimum Gasteiger partial charge on any atom is -0.311 e. The highest BCUT2D eigenvalue weighted by Gasteiger charge is 2.18. The van der Waals surface area contributed by atoms with Gasteiger partial charge < -0.3 is 4.98 Å². The summed E-state index contributed by atoms with van der Waals surface area (Å²) in [7, 11) is 0. The number of aryl methyl sites for hydroxylation is 2. The van der Waals surface area contributed by atoms with Crippen molar-refractivity contribution in [1.29, 1.82) is 0 Å². The predicted octanol–water partition coefficient (Wildman–Crippen LogP) is 1.99. The molecule has 1 aromatic carbocycles. The third-order valence-corrected chi connectivity index (χ3v) is 4.05. The van der Waals surface area contributed by atoms with Crippen molar-refractivity contribution < 1.29 is 0 Å². The lowest BCUT2D eigenvalue weighted by Crippen LogP contribution is -2.26. The van der Waals surface area contributed by atoms with Gasteiger partial charge in [0.2, 0.25) is 0 Å². The van der Waals surface area contributed by atoms with E-state index in [9.17, 15) is 4.79 Å². The molecule has 4 heteroatoms. The van der Waals surface area contributed by atoms with Crippen molar-refractivity contribution in [2.45, 2.75) is 33.2 Å². The average molecular weight is 283 g/mol. The Balaban J connectivity index is 1.76. The highest BCUT2D eigenvalue weighted by molar-refractivity contribution is 5.23. The molecular weight excluding hydrogens is 262 g/mol. The van der Waals surface area contributed by atoms with Crippen LogP contribution in [0.15, 0.2) is 29.1 Å². The fourth-order valence-electron chi connectivity index (χ4n) is 3.01. The Kier molecular flexibility index (Phi) is 3.88. The predicted molar refractivity (Wildman–Crippen MR) is 83.5 cm³/mol. The van der Waals surface area contributed by atoms with E-state index in [1.54, 1.807) is 0 Å². The molecule has 0 bridgehead atoms. The van der Waals surface area contributed by atoms with E-state index in [0.29, 0.717) is 5.82 Å². The van der Waals surface area contributed by atoms with Gasteiger partial charge in [-0.2, -0.15) is 0 Å². The summed E-state index contributed by atoms with van der Waals surface area (Å²) in [5.74, 6) is 0.714. The minimum atomic E-state index is 0.0369. The lowest BCUT2D eigenvalue weighted by Gasteiger charge is -2.19. The molecule has 4 nitrogen and oxygen atoms in total. The fraction of sp³-hybridized carbons (Fsp3) is 0.412. The Labute approximate surface area is 124 Å². The summed E-state index contributed by atoms with van der Waals surface area (Å²) in [6.07, 6.45) is 1.63. The summed E-state index contributed by atoms with van der Waals surface area (Å²) in [6.45, 7) is 6.77. The number of hydrogen-bond acceptors (Lipinski definition) is 3. The number of benzene rings is 1. The first-order chi connectivity index (χ1) is 10.1. The van der Waals surface area contributed by atoms with Gasteiger partial charge in [-0.25, -0.2) is 4.98 Å². The topological polar surface area (TPSA) is 49.0 Å². The second-order valence-corrected chi connectivity index (χ2v) is 5.84. The standard InChI is InChI=1S/C17H21N3O/c1-12-4-3-5-14(10-12)11-20-8-6-15-16(7-9-20)18-13(2)19-17(15)21/h3-5,10H,6-9,11H2,1-2H3,(H,18,19,21). The maximum absolute atomic E-state index is 12.0. The molecule has 1 aliphatic rings. The summed E-state index contributed by atoms with van der Waals surface area (Å²) < 4.78 is 0. The number of rotatable bonds is 2. The molecule has 0 spiro atoms. The first-order valence-electron chi connectivity index (χ1n) is 7.48. The summed E-state index contributed by atoms with van der Waals surface area (Å²) in [6, 6.07) is 8.62. The molecule has 0 unspecified atom stereocenters. The van der Waals surface area contributed by atoms with Crippen LogP contribution in [0.3, 0.4) is 0 Å². The van der Waals surface area contributed by atoms with Crippen molar-refractivity contribution in [3.8, 4) is 0 Å². The van der Waals surface area contributed by atoms with E-state index in [4.69, 9.17) is 0 Å². The molecule has 0 fully saturated rings. The van der Waals surface area contributed by atoms with Crippen LogP contribution in [-0.4, -0.2) is 28.0 Å². The second-order valence-electron chi connectivity index (χ2n) is 5.84. The van der Waals surface area contributed by atoms with Gasteiger partial charge in [0, 0.05) is 31.6 Å². The number of H-pyrrole nitrogens is 1. The number of nitrogens with one attached hydrogen (secondary N) is 1. The van der Waals surface area contributed by atoms with E-state index in [0.717, 1.165) is 43.7 Å². The van der Waals surface area contributed by atoms with Crippen molar-refractivity contribution >= 4 is 0 Å². The van der Waals surface area contributed by atoms with Crippen molar-refractivity contribution in [1.82, 2.24) is 14.9 Å². The lowest BCUT2D eigenvalue weighted by molar-refractivity contribution is 0.279. The van der Waals surface area contributed by atoms with Gasteiger partial charge in [0.15, 0.2) is 0 Å². The largest absolute Gasteiger partial charge is 0.311 e. The van der Waals surface area contributed by atoms with Crippen molar-refractivity contribution in [2.75, 3.05) is 13.1 Å². The Hall–Kier alpha value is -1.94. The second kappa shape index (κ2) is 5.82. The monoisotopic (exact) mass is 283 g/mol. The van der Waals surface area contributed by atoms with E-state index in [1.807, 2.05) is 6.92 Å².